The van der Waals surface area contributed by atoms with E-state index in [1.165, 1.54) is 70.6 Å². The van der Waals surface area contributed by atoms with Crippen molar-refractivity contribution in [3.8, 4) is 0 Å². The maximum absolute atomic E-state index is 9.21. The molecule has 0 spiro atoms. The van der Waals surface area contributed by atoms with Crippen molar-refractivity contribution in [1.29, 1.82) is 0 Å². The Hall–Kier alpha value is -2.49. The first kappa shape index (κ1) is 27.1. The summed E-state index contributed by atoms with van der Waals surface area (Å²) >= 11 is 0. The van der Waals surface area contributed by atoms with Gasteiger partial charge in [-0.15, -0.1) is 0 Å². The molecule has 4 aliphatic heterocycles. The van der Waals surface area contributed by atoms with Crippen LogP contribution >= 0.6 is 0 Å². The highest BCUT2D eigenvalue weighted by Crippen LogP contribution is 2.52. The number of rotatable bonds is 8. The van der Waals surface area contributed by atoms with Crippen LogP contribution in [0, 0.1) is 0 Å². The number of aliphatic hydroxyl groups is 1. The maximum Gasteiger partial charge on any atom is 0.0483 e. The van der Waals surface area contributed by atoms with Gasteiger partial charge in [-0.1, -0.05) is 88.6 Å². The normalized spacial score (nSPS) is 23.5. The van der Waals surface area contributed by atoms with E-state index in [1.807, 2.05) is 0 Å². The summed E-state index contributed by atoms with van der Waals surface area (Å²) in [6.07, 6.45) is 18.7. The van der Waals surface area contributed by atoms with Crippen LogP contribution in [0.4, 0.5) is 11.4 Å². The van der Waals surface area contributed by atoms with Gasteiger partial charge in [-0.3, -0.25) is 0 Å². The minimum absolute atomic E-state index is 0. The lowest BCUT2D eigenvalue weighted by molar-refractivity contribution is -0.00000879. The zero-order chi connectivity index (χ0) is 25.6. The van der Waals surface area contributed by atoms with Gasteiger partial charge in [-0.2, -0.15) is 0 Å². The Labute approximate surface area is 235 Å². The topological polar surface area (TPSA) is 26.7 Å². The fraction of sp³-hybridized carbons (Fsp3) is 0.471. The summed E-state index contributed by atoms with van der Waals surface area (Å²) in [6, 6.07) is 13.9. The van der Waals surface area contributed by atoms with Crippen molar-refractivity contribution in [3.63, 3.8) is 0 Å². The van der Waals surface area contributed by atoms with Gasteiger partial charge in [0.25, 0.3) is 0 Å². The van der Waals surface area contributed by atoms with E-state index < -0.39 is 0 Å². The van der Waals surface area contributed by atoms with E-state index in [-0.39, 0.29) is 23.2 Å². The number of unbranched alkanes of at least 4 members (excludes halogenated alkanes) is 3. The highest BCUT2D eigenvalue weighted by Gasteiger charge is 2.42. The highest BCUT2D eigenvalue weighted by molar-refractivity contribution is 5.75. The second-order valence-corrected chi connectivity index (χ2v) is 12.2. The number of aryl methyl sites for hydroxylation is 1. The van der Waals surface area contributed by atoms with Crippen molar-refractivity contribution in [2.75, 3.05) is 29.5 Å². The summed E-state index contributed by atoms with van der Waals surface area (Å²) in [4.78, 5) is 5.09. The number of hydrogen-bond donors (Lipinski definition) is 1. The van der Waals surface area contributed by atoms with Crippen molar-refractivity contribution >= 4 is 11.4 Å². The fourth-order valence-corrected chi connectivity index (χ4v) is 7.39. The first-order valence-electron chi connectivity index (χ1n) is 14.5. The van der Waals surface area contributed by atoms with Crippen LogP contribution in [0.5, 0.6) is 0 Å². The van der Waals surface area contributed by atoms with Crippen LogP contribution in [0.25, 0.3) is 0 Å². The minimum atomic E-state index is 0. The molecule has 2 aromatic rings. The van der Waals surface area contributed by atoms with E-state index in [4.69, 9.17) is 0 Å². The fourth-order valence-electron chi connectivity index (χ4n) is 7.39. The number of para-hydroxylation sites is 2. The number of hydrogen-bond acceptors (Lipinski definition) is 3. The first-order chi connectivity index (χ1) is 17.9. The number of allylic oxidation sites excluding steroid dienone is 5. The summed E-state index contributed by atoms with van der Waals surface area (Å²) in [5.74, 6) is 0. The standard InChI is InChI=1S/C34H42N2O.ClH/c1-33(2)28-16-8-12-25-14-11-21-36(32(25)28)30(33)18-10-15-27-24-35-22-19-26-13-9-17-29(31(26)35)34(27,3)20-6-4-5-7-23-37;/h8-10,12-13,15-18,24,37H,4-7,11,14,19-23H2,1-3H3;1H/p-1/b15-10+,30-18+;. The molecule has 3 nitrogen and oxygen atoms in total. The zero-order valence-electron chi connectivity index (χ0n) is 23.3. The van der Waals surface area contributed by atoms with Gasteiger partial charge < -0.3 is 27.3 Å². The lowest BCUT2D eigenvalue weighted by atomic mass is 9.69. The van der Waals surface area contributed by atoms with Gasteiger partial charge in [0, 0.05) is 53.8 Å². The molecule has 2 aromatic carbocycles. The van der Waals surface area contributed by atoms with Gasteiger partial charge in [-0.05, 0) is 66.0 Å². The van der Waals surface area contributed by atoms with Gasteiger partial charge in [-0.25, -0.2) is 0 Å². The van der Waals surface area contributed by atoms with Crippen molar-refractivity contribution in [2.45, 2.75) is 83.0 Å². The lowest BCUT2D eigenvalue weighted by Crippen LogP contribution is -3.00. The molecule has 0 saturated carbocycles. The Morgan fingerprint density at radius 3 is 2.39 bits per heavy atom. The molecule has 0 aromatic heterocycles. The van der Waals surface area contributed by atoms with Gasteiger partial charge in [0.05, 0.1) is 0 Å². The molecule has 0 saturated heterocycles. The largest absolute Gasteiger partial charge is 1.00 e. The molecule has 0 fully saturated rings. The van der Waals surface area contributed by atoms with Crippen LogP contribution in [0.3, 0.4) is 0 Å². The average Bonchev–Trinajstić information content (AvgIpc) is 3.41. The van der Waals surface area contributed by atoms with Gasteiger partial charge in [0.15, 0.2) is 0 Å². The Morgan fingerprint density at radius 1 is 0.868 bits per heavy atom. The van der Waals surface area contributed by atoms with Crippen molar-refractivity contribution in [3.05, 3.63) is 94.4 Å². The Kier molecular flexibility index (Phi) is 7.55. The number of aliphatic hydroxyl groups excluding tert-OH is 1. The molecule has 0 amide bonds. The van der Waals surface area contributed by atoms with Gasteiger partial charge >= 0.3 is 0 Å². The molecule has 4 heterocycles. The van der Waals surface area contributed by atoms with E-state index in [9.17, 15) is 5.11 Å². The molecule has 1 N–H and O–H groups in total. The first-order valence-corrected chi connectivity index (χ1v) is 14.5. The van der Waals surface area contributed by atoms with Crippen LogP contribution in [0.2, 0.25) is 0 Å². The smallest absolute Gasteiger partial charge is 0.0483 e. The number of nitrogens with zero attached hydrogens (tertiary/aromatic N) is 2. The van der Waals surface area contributed by atoms with Crippen molar-refractivity contribution in [1.82, 2.24) is 0 Å². The van der Waals surface area contributed by atoms with Crippen molar-refractivity contribution in [2.24, 2.45) is 0 Å². The molecule has 38 heavy (non-hydrogen) atoms. The third-order valence-corrected chi connectivity index (χ3v) is 9.49. The van der Waals surface area contributed by atoms with Gasteiger partial charge in [0.1, 0.15) is 0 Å². The molecular weight excluding hydrogens is 488 g/mol. The SMILES string of the molecule is CC1(CCCCCCO)C(/C=C/C=C2/N3CCCc4cccc(c43)C2(C)C)=CN2CCc3cccc1c32.[Cl-]. The quantitative estimate of drug-likeness (QED) is 0.515. The molecule has 4 heteroatoms. The van der Waals surface area contributed by atoms with Crippen LogP contribution in [0.1, 0.15) is 81.5 Å². The monoisotopic (exact) mass is 529 g/mol. The second kappa shape index (κ2) is 10.6. The molecule has 1 unspecified atom stereocenters. The van der Waals surface area contributed by atoms with Crippen LogP contribution < -0.4 is 22.2 Å². The predicted octanol–water partition coefficient (Wildman–Crippen LogP) is 4.34. The number of halogens is 1. The second-order valence-electron chi connectivity index (χ2n) is 12.2. The van der Waals surface area contributed by atoms with E-state index in [0.717, 1.165) is 38.8 Å². The van der Waals surface area contributed by atoms with Crippen LogP contribution in [0.15, 0.2) is 72.1 Å². The van der Waals surface area contributed by atoms with E-state index in [0.29, 0.717) is 6.61 Å². The Morgan fingerprint density at radius 2 is 1.61 bits per heavy atom. The summed E-state index contributed by atoms with van der Waals surface area (Å²) < 4.78 is 0. The minimum Gasteiger partial charge on any atom is -1.00 e. The molecule has 0 radical (unpaired) electrons. The zero-order valence-corrected chi connectivity index (χ0v) is 24.0. The maximum atomic E-state index is 9.21. The van der Waals surface area contributed by atoms with Gasteiger partial charge in [0.2, 0.25) is 0 Å². The number of benzene rings is 2. The highest BCUT2D eigenvalue weighted by atomic mass is 35.5. The van der Waals surface area contributed by atoms with E-state index in [2.05, 4.69) is 91.4 Å². The summed E-state index contributed by atoms with van der Waals surface area (Å²) in [6.45, 7) is 9.74. The van der Waals surface area contributed by atoms with E-state index in [1.54, 1.807) is 0 Å². The molecule has 202 valence electrons. The molecule has 6 rings (SSSR count). The van der Waals surface area contributed by atoms with E-state index >= 15 is 0 Å². The Bertz CT molecular complexity index is 1290. The molecule has 4 aliphatic rings. The predicted molar refractivity (Wildman–Crippen MR) is 155 cm³/mol. The van der Waals surface area contributed by atoms with Crippen LogP contribution in [-0.4, -0.2) is 24.8 Å². The third-order valence-electron chi connectivity index (χ3n) is 9.49. The summed E-state index contributed by atoms with van der Waals surface area (Å²) in [5.41, 5.74) is 11.8. The van der Waals surface area contributed by atoms with Crippen LogP contribution in [-0.2, 0) is 23.7 Å². The molecule has 0 aliphatic carbocycles. The average molecular weight is 530 g/mol. The Balaban J connectivity index is 0.00000294. The third kappa shape index (κ3) is 4.32. The molecule has 1 atom stereocenters. The molecule has 0 bridgehead atoms. The summed E-state index contributed by atoms with van der Waals surface area (Å²) in [7, 11) is 0. The molecular formula is C34H42ClN2O-. The summed E-state index contributed by atoms with van der Waals surface area (Å²) in [5, 5.41) is 9.21. The van der Waals surface area contributed by atoms with Crippen molar-refractivity contribution < 1.29 is 17.5 Å². The number of anilines is 2. The lowest BCUT2D eigenvalue weighted by Gasteiger charge is -2.40.